The molecule has 0 N–H and O–H groups in total. The molecule has 0 aliphatic rings. The lowest BCUT2D eigenvalue weighted by Gasteiger charge is -2.17. The summed E-state index contributed by atoms with van der Waals surface area (Å²) >= 11 is 0. The Morgan fingerprint density at radius 1 is 1.22 bits per heavy atom. The van der Waals surface area contributed by atoms with Gasteiger partial charge in [-0.1, -0.05) is 0 Å². The number of esters is 1. The molecular formula is C11H15NO5S. The highest BCUT2D eigenvalue weighted by Gasteiger charge is 2.21. The van der Waals surface area contributed by atoms with Gasteiger partial charge in [0.1, 0.15) is 4.90 Å². The van der Waals surface area contributed by atoms with Gasteiger partial charge in [-0.05, 0) is 18.2 Å². The average Bonchev–Trinajstić information content (AvgIpc) is 2.36. The van der Waals surface area contributed by atoms with Gasteiger partial charge in [-0.25, -0.2) is 4.79 Å². The van der Waals surface area contributed by atoms with Crippen molar-refractivity contribution in [3.8, 4) is 0 Å². The van der Waals surface area contributed by atoms with Crippen LogP contribution in [0.15, 0.2) is 23.1 Å². The van der Waals surface area contributed by atoms with Crippen molar-refractivity contribution >= 4 is 21.8 Å². The second-order valence-electron chi connectivity index (χ2n) is 3.69. The van der Waals surface area contributed by atoms with Gasteiger partial charge < -0.3 is 9.64 Å². The highest BCUT2D eigenvalue weighted by molar-refractivity contribution is 7.87. The first-order chi connectivity index (χ1) is 8.33. The van der Waals surface area contributed by atoms with Gasteiger partial charge in [0.25, 0.3) is 10.1 Å². The Balaban J connectivity index is 3.48. The lowest BCUT2D eigenvalue weighted by molar-refractivity contribution is 0.0600. The van der Waals surface area contributed by atoms with E-state index in [2.05, 4.69) is 8.92 Å². The molecule has 0 bridgehead atoms. The number of carbonyl (C=O) groups is 1. The van der Waals surface area contributed by atoms with Crippen LogP contribution in [-0.2, 0) is 19.0 Å². The van der Waals surface area contributed by atoms with Gasteiger partial charge in [0.05, 0.1) is 25.5 Å². The Morgan fingerprint density at radius 3 is 2.28 bits per heavy atom. The molecule has 0 atom stereocenters. The SMILES string of the molecule is COC(=O)c1ccc(N(C)C)c(S(=O)(=O)OC)c1. The molecule has 0 aliphatic carbocycles. The maximum Gasteiger partial charge on any atom is 0.337 e. The fourth-order valence-corrected chi connectivity index (χ4v) is 2.38. The van der Waals surface area contributed by atoms with Crippen LogP contribution in [0.4, 0.5) is 5.69 Å². The Hall–Kier alpha value is -1.60. The minimum absolute atomic E-state index is 0.0714. The molecular weight excluding hydrogens is 258 g/mol. The zero-order chi connectivity index (χ0) is 13.9. The fourth-order valence-electron chi connectivity index (χ4n) is 1.42. The van der Waals surface area contributed by atoms with Crippen molar-refractivity contribution < 1.29 is 22.1 Å². The number of ether oxygens (including phenoxy) is 1. The molecule has 7 heteroatoms. The summed E-state index contributed by atoms with van der Waals surface area (Å²) in [6, 6.07) is 4.26. The van der Waals surface area contributed by atoms with Crippen molar-refractivity contribution in [2.45, 2.75) is 4.90 Å². The molecule has 0 unspecified atom stereocenters. The molecule has 0 heterocycles. The summed E-state index contributed by atoms with van der Waals surface area (Å²) in [5, 5.41) is 0. The summed E-state index contributed by atoms with van der Waals surface area (Å²) in [5.41, 5.74) is 0.586. The summed E-state index contributed by atoms with van der Waals surface area (Å²) < 4.78 is 32.6. The van der Waals surface area contributed by atoms with Crippen LogP contribution in [0.2, 0.25) is 0 Å². The smallest absolute Gasteiger partial charge is 0.337 e. The standard InChI is InChI=1S/C11H15NO5S/c1-12(2)9-6-5-8(11(13)16-3)7-10(9)18(14,15)17-4/h5-7H,1-4H3. The molecule has 1 aromatic rings. The molecule has 0 amide bonds. The van der Waals surface area contributed by atoms with E-state index in [-0.39, 0.29) is 10.5 Å². The Morgan fingerprint density at radius 2 is 1.83 bits per heavy atom. The molecule has 0 fully saturated rings. The molecule has 0 spiro atoms. The molecule has 0 aromatic heterocycles. The van der Waals surface area contributed by atoms with Crippen LogP contribution in [0, 0.1) is 0 Å². The number of carbonyl (C=O) groups excluding carboxylic acids is 1. The molecule has 0 aliphatic heterocycles. The van der Waals surface area contributed by atoms with Gasteiger partial charge in [0, 0.05) is 14.1 Å². The van der Waals surface area contributed by atoms with E-state index in [4.69, 9.17) is 0 Å². The minimum Gasteiger partial charge on any atom is -0.465 e. The first-order valence-electron chi connectivity index (χ1n) is 5.03. The number of methoxy groups -OCH3 is 1. The van der Waals surface area contributed by atoms with Crippen LogP contribution in [0.3, 0.4) is 0 Å². The summed E-state index contributed by atoms with van der Waals surface area (Å²) in [6.45, 7) is 0. The van der Waals surface area contributed by atoms with E-state index in [0.29, 0.717) is 5.69 Å². The van der Waals surface area contributed by atoms with Crippen LogP contribution in [0.25, 0.3) is 0 Å². The third kappa shape index (κ3) is 2.80. The maximum absolute atomic E-state index is 11.8. The van der Waals surface area contributed by atoms with E-state index in [1.54, 1.807) is 19.0 Å². The molecule has 100 valence electrons. The molecule has 0 saturated heterocycles. The van der Waals surface area contributed by atoms with Crippen LogP contribution in [0.1, 0.15) is 10.4 Å². The topological polar surface area (TPSA) is 72.9 Å². The van der Waals surface area contributed by atoms with Crippen molar-refractivity contribution in [1.29, 1.82) is 0 Å². The predicted octanol–water partition coefficient (Wildman–Crippen LogP) is 0.874. The third-order valence-electron chi connectivity index (χ3n) is 2.35. The molecule has 0 saturated carbocycles. The van der Waals surface area contributed by atoms with E-state index < -0.39 is 16.1 Å². The lowest BCUT2D eigenvalue weighted by atomic mass is 10.2. The summed E-state index contributed by atoms with van der Waals surface area (Å²) in [5.74, 6) is -0.604. The van der Waals surface area contributed by atoms with Crippen molar-refractivity contribution in [3.05, 3.63) is 23.8 Å². The Labute approximate surface area is 106 Å². The number of benzene rings is 1. The third-order valence-corrected chi connectivity index (χ3v) is 3.66. The number of nitrogens with zero attached hydrogens (tertiary/aromatic N) is 1. The average molecular weight is 273 g/mol. The zero-order valence-electron chi connectivity index (χ0n) is 10.6. The fraction of sp³-hybridized carbons (Fsp3) is 0.364. The molecule has 0 radical (unpaired) electrons. The van der Waals surface area contributed by atoms with Crippen LogP contribution in [-0.4, -0.2) is 42.7 Å². The number of hydrogen-bond donors (Lipinski definition) is 0. The molecule has 18 heavy (non-hydrogen) atoms. The number of rotatable bonds is 4. The van der Waals surface area contributed by atoms with E-state index >= 15 is 0 Å². The van der Waals surface area contributed by atoms with Crippen LogP contribution >= 0.6 is 0 Å². The van der Waals surface area contributed by atoms with E-state index in [9.17, 15) is 13.2 Å². The van der Waals surface area contributed by atoms with Gasteiger partial charge in [-0.2, -0.15) is 8.42 Å². The highest BCUT2D eigenvalue weighted by atomic mass is 32.2. The van der Waals surface area contributed by atoms with Gasteiger partial charge >= 0.3 is 5.97 Å². The maximum atomic E-state index is 11.8. The van der Waals surface area contributed by atoms with E-state index in [0.717, 1.165) is 7.11 Å². The second kappa shape index (κ2) is 5.36. The number of anilines is 1. The van der Waals surface area contributed by atoms with Crippen molar-refractivity contribution in [3.63, 3.8) is 0 Å². The highest BCUT2D eigenvalue weighted by Crippen LogP contribution is 2.26. The lowest BCUT2D eigenvalue weighted by Crippen LogP contribution is -2.16. The summed E-state index contributed by atoms with van der Waals surface area (Å²) in [6.07, 6.45) is 0. The van der Waals surface area contributed by atoms with Crippen molar-refractivity contribution in [2.75, 3.05) is 33.2 Å². The van der Waals surface area contributed by atoms with Gasteiger partial charge in [-0.3, -0.25) is 4.18 Å². The molecule has 1 rings (SSSR count). The number of hydrogen-bond acceptors (Lipinski definition) is 6. The normalized spacial score (nSPS) is 11.1. The largest absolute Gasteiger partial charge is 0.465 e. The second-order valence-corrected chi connectivity index (χ2v) is 5.37. The quantitative estimate of drug-likeness (QED) is 0.599. The van der Waals surface area contributed by atoms with E-state index in [1.807, 2.05) is 0 Å². The first-order valence-corrected chi connectivity index (χ1v) is 6.44. The Kier molecular flexibility index (Phi) is 4.31. The zero-order valence-corrected chi connectivity index (χ0v) is 11.4. The monoisotopic (exact) mass is 273 g/mol. The minimum atomic E-state index is -3.89. The van der Waals surface area contributed by atoms with Crippen LogP contribution in [0.5, 0.6) is 0 Å². The molecule has 1 aromatic carbocycles. The van der Waals surface area contributed by atoms with Gasteiger partial charge in [-0.15, -0.1) is 0 Å². The van der Waals surface area contributed by atoms with Gasteiger partial charge in [0.15, 0.2) is 0 Å². The van der Waals surface area contributed by atoms with E-state index in [1.165, 1.54) is 25.3 Å². The summed E-state index contributed by atoms with van der Waals surface area (Å²) in [7, 11) is 1.80. The van der Waals surface area contributed by atoms with Crippen molar-refractivity contribution in [1.82, 2.24) is 0 Å². The van der Waals surface area contributed by atoms with Gasteiger partial charge in [0.2, 0.25) is 0 Å². The first kappa shape index (κ1) is 14.5. The predicted molar refractivity (Wildman–Crippen MR) is 66.3 cm³/mol. The van der Waals surface area contributed by atoms with Crippen molar-refractivity contribution in [2.24, 2.45) is 0 Å². The van der Waals surface area contributed by atoms with Crippen LogP contribution < -0.4 is 4.90 Å². The summed E-state index contributed by atoms with van der Waals surface area (Å²) in [4.78, 5) is 12.9. The molecule has 6 nitrogen and oxygen atoms in total. The Bertz CT molecular complexity index is 551.